The topological polar surface area (TPSA) is 30.5 Å². The first-order valence-corrected chi connectivity index (χ1v) is 7.05. The van der Waals surface area contributed by atoms with Crippen LogP contribution in [-0.2, 0) is 9.47 Å². The molecule has 1 rings (SSSR count). The second-order valence-corrected chi connectivity index (χ2v) is 4.92. The van der Waals surface area contributed by atoms with E-state index in [-0.39, 0.29) is 0 Å². The molecule has 1 N–H and O–H groups in total. The second-order valence-electron chi connectivity index (χ2n) is 4.92. The zero-order valence-electron chi connectivity index (χ0n) is 12.4. The summed E-state index contributed by atoms with van der Waals surface area (Å²) < 4.78 is 10.5. The molecular weight excluding hydrogens is 238 g/mol. The third kappa shape index (κ3) is 6.71. The Kier molecular flexibility index (Phi) is 8.47. The van der Waals surface area contributed by atoms with Crippen molar-refractivity contribution in [1.82, 2.24) is 5.32 Å². The van der Waals surface area contributed by atoms with Crippen molar-refractivity contribution in [2.45, 2.75) is 25.7 Å². The fourth-order valence-corrected chi connectivity index (χ4v) is 2.23. The molecule has 1 atom stereocenters. The van der Waals surface area contributed by atoms with Crippen LogP contribution in [0.25, 0.3) is 0 Å². The second kappa shape index (κ2) is 9.96. The number of ether oxygens (including phenoxy) is 2. The van der Waals surface area contributed by atoms with Crippen LogP contribution in [0, 0.1) is 6.92 Å². The zero-order chi connectivity index (χ0) is 13.9. The average molecular weight is 265 g/mol. The van der Waals surface area contributed by atoms with E-state index in [0.717, 1.165) is 26.0 Å². The van der Waals surface area contributed by atoms with Gasteiger partial charge >= 0.3 is 0 Å². The van der Waals surface area contributed by atoms with Crippen molar-refractivity contribution in [2.24, 2.45) is 0 Å². The third-order valence-electron chi connectivity index (χ3n) is 3.24. The Balaban J connectivity index is 2.36. The average Bonchev–Trinajstić information content (AvgIpc) is 2.41. The minimum Gasteiger partial charge on any atom is -0.382 e. The Morgan fingerprint density at radius 3 is 2.74 bits per heavy atom. The summed E-state index contributed by atoms with van der Waals surface area (Å²) in [7, 11) is 3.71. The molecule has 0 aliphatic rings. The highest BCUT2D eigenvalue weighted by Crippen LogP contribution is 2.21. The Hall–Kier alpha value is -0.900. The lowest BCUT2D eigenvalue weighted by Gasteiger charge is -2.17. The van der Waals surface area contributed by atoms with Crippen LogP contribution in [0.2, 0.25) is 0 Å². The fraction of sp³-hybridized carbons (Fsp3) is 0.625. The molecule has 1 unspecified atom stereocenters. The molecule has 108 valence electrons. The molecule has 0 radical (unpaired) electrons. The standard InChI is InChI=1S/C16H27NO2/c1-14-6-4-7-15(12-14)16(13-17-2)8-5-9-19-11-10-18-3/h4,6-7,12,16-17H,5,8-11,13H2,1-3H3. The Labute approximate surface area is 117 Å². The molecule has 3 heteroatoms. The molecule has 19 heavy (non-hydrogen) atoms. The highest BCUT2D eigenvalue weighted by atomic mass is 16.5. The van der Waals surface area contributed by atoms with E-state index in [1.807, 2.05) is 7.05 Å². The number of rotatable bonds is 10. The van der Waals surface area contributed by atoms with E-state index in [4.69, 9.17) is 9.47 Å². The van der Waals surface area contributed by atoms with E-state index in [0.29, 0.717) is 19.1 Å². The Morgan fingerprint density at radius 2 is 2.05 bits per heavy atom. The number of methoxy groups -OCH3 is 1. The molecule has 1 aromatic carbocycles. The number of nitrogens with one attached hydrogen (secondary N) is 1. The molecule has 0 fully saturated rings. The molecule has 0 saturated carbocycles. The van der Waals surface area contributed by atoms with Crippen LogP contribution in [0.15, 0.2) is 24.3 Å². The van der Waals surface area contributed by atoms with Gasteiger partial charge in [-0.05, 0) is 38.3 Å². The van der Waals surface area contributed by atoms with Gasteiger partial charge in [-0.25, -0.2) is 0 Å². The van der Waals surface area contributed by atoms with E-state index in [2.05, 4.69) is 36.5 Å². The summed E-state index contributed by atoms with van der Waals surface area (Å²) in [6.07, 6.45) is 2.24. The van der Waals surface area contributed by atoms with Gasteiger partial charge in [0.1, 0.15) is 0 Å². The zero-order valence-corrected chi connectivity index (χ0v) is 12.4. The maximum Gasteiger partial charge on any atom is 0.0700 e. The third-order valence-corrected chi connectivity index (χ3v) is 3.24. The van der Waals surface area contributed by atoms with Crippen molar-refractivity contribution in [3.05, 3.63) is 35.4 Å². The summed E-state index contributed by atoms with van der Waals surface area (Å²) in [5.41, 5.74) is 2.75. The van der Waals surface area contributed by atoms with Crippen LogP contribution in [0.1, 0.15) is 29.9 Å². The van der Waals surface area contributed by atoms with Gasteiger partial charge in [0.05, 0.1) is 13.2 Å². The summed E-state index contributed by atoms with van der Waals surface area (Å²) in [4.78, 5) is 0. The smallest absolute Gasteiger partial charge is 0.0700 e. The summed E-state index contributed by atoms with van der Waals surface area (Å²) >= 11 is 0. The molecule has 0 heterocycles. The molecule has 0 amide bonds. The molecule has 1 aromatic rings. The van der Waals surface area contributed by atoms with Gasteiger partial charge < -0.3 is 14.8 Å². The largest absolute Gasteiger partial charge is 0.382 e. The number of hydrogen-bond acceptors (Lipinski definition) is 3. The quantitative estimate of drug-likeness (QED) is 0.660. The normalized spacial score (nSPS) is 12.6. The van der Waals surface area contributed by atoms with Crippen LogP contribution >= 0.6 is 0 Å². The highest BCUT2D eigenvalue weighted by molar-refractivity contribution is 5.25. The van der Waals surface area contributed by atoms with E-state index in [1.54, 1.807) is 7.11 Å². The van der Waals surface area contributed by atoms with Gasteiger partial charge in [-0.15, -0.1) is 0 Å². The van der Waals surface area contributed by atoms with Gasteiger partial charge in [0, 0.05) is 20.3 Å². The molecule has 0 aromatic heterocycles. The van der Waals surface area contributed by atoms with Crippen LogP contribution in [0.5, 0.6) is 0 Å². The van der Waals surface area contributed by atoms with Gasteiger partial charge in [-0.3, -0.25) is 0 Å². The molecule has 3 nitrogen and oxygen atoms in total. The van der Waals surface area contributed by atoms with Gasteiger partial charge in [0.25, 0.3) is 0 Å². The lowest BCUT2D eigenvalue weighted by molar-refractivity contribution is 0.0681. The van der Waals surface area contributed by atoms with Crippen molar-refractivity contribution in [3.63, 3.8) is 0 Å². The predicted octanol–water partition coefficient (Wildman–Crippen LogP) is 2.74. The Bertz CT molecular complexity index is 341. The van der Waals surface area contributed by atoms with Crippen molar-refractivity contribution in [2.75, 3.05) is 40.5 Å². The Morgan fingerprint density at radius 1 is 1.21 bits per heavy atom. The van der Waals surface area contributed by atoms with Gasteiger partial charge in [-0.2, -0.15) is 0 Å². The molecule has 0 aliphatic heterocycles. The number of aryl methyl sites for hydroxylation is 1. The molecule has 0 spiro atoms. The summed E-state index contributed by atoms with van der Waals surface area (Å²) in [5, 5.41) is 3.29. The number of likely N-dealkylation sites (N-methyl/N-ethyl adjacent to an activating group) is 1. The predicted molar refractivity (Wildman–Crippen MR) is 79.8 cm³/mol. The molecular formula is C16H27NO2. The van der Waals surface area contributed by atoms with E-state index in [1.165, 1.54) is 11.1 Å². The number of benzene rings is 1. The number of hydrogen-bond donors (Lipinski definition) is 1. The summed E-state index contributed by atoms with van der Waals surface area (Å²) in [6.45, 7) is 5.35. The fourth-order valence-electron chi connectivity index (χ4n) is 2.23. The minimum absolute atomic E-state index is 0.566. The van der Waals surface area contributed by atoms with Gasteiger partial charge in [0.15, 0.2) is 0 Å². The van der Waals surface area contributed by atoms with Crippen LogP contribution < -0.4 is 5.32 Å². The van der Waals surface area contributed by atoms with Crippen LogP contribution in [0.4, 0.5) is 0 Å². The molecule has 0 aliphatic carbocycles. The first-order chi connectivity index (χ1) is 9.27. The lowest BCUT2D eigenvalue weighted by atomic mass is 9.93. The lowest BCUT2D eigenvalue weighted by Crippen LogP contribution is -2.18. The van der Waals surface area contributed by atoms with Crippen LogP contribution in [-0.4, -0.2) is 40.5 Å². The first-order valence-electron chi connectivity index (χ1n) is 7.05. The first kappa shape index (κ1) is 16.2. The van der Waals surface area contributed by atoms with Crippen molar-refractivity contribution in [1.29, 1.82) is 0 Å². The molecule has 0 bridgehead atoms. The monoisotopic (exact) mass is 265 g/mol. The van der Waals surface area contributed by atoms with Crippen molar-refractivity contribution < 1.29 is 9.47 Å². The summed E-state index contributed by atoms with van der Waals surface area (Å²) in [5.74, 6) is 0.566. The van der Waals surface area contributed by atoms with E-state index >= 15 is 0 Å². The summed E-state index contributed by atoms with van der Waals surface area (Å²) in [6, 6.07) is 8.80. The SMILES string of the molecule is CNCC(CCCOCCOC)c1cccc(C)c1. The van der Waals surface area contributed by atoms with Crippen molar-refractivity contribution in [3.8, 4) is 0 Å². The van der Waals surface area contributed by atoms with E-state index < -0.39 is 0 Å². The maximum absolute atomic E-state index is 5.52. The molecule has 0 saturated heterocycles. The minimum atomic E-state index is 0.566. The highest BCUT2D eigenvalue weighted by Gasteiger charge is 2.10. The van der Waals surface area contributed by atoms with E-state index in [9.17, 15) is 0 Å². The van der Waals surface area contributed by atoms with Crippen molar-refractivity contribution >= 4 is 0 Å². The van der Waals surface area contributed by atoms with Crippen LogP contribution in [0.3, 0.4) is 0 Å². The van der Waals surface area contributed by atoms with Gasteiger partial charge in [0.2, 0.25) is 0 Å². The maximum atomic E-state index is 5.52. The van der Waals surface area contributed by atoms with Gasteiger partial charge in [-0.1, -0.05) is 29.8 Å².